The Morgan fingerprint density at radius 3 is 2.47 bits per heavy atom. The summed E-state index contributed by atoms with van der Waals surface area (Å²) < 4.78 is 10.5. The van der Waals surface area contributed by atoms with Crippen molar-refractivity contribution < 1.29 is 23.8 Å². The van der Waals surface area contributed by atoms with Crippen LogP contribution in [0.5, 0.6) is 0 Å². The largest absolute Gasteiger partial charge is 0.480 e. The molecule has 2 aromatic carbocycles. The van der Waals surface area contributed by atoms with Crippen LogP contribution in [-0.4, -0.2) is 33.8 Å². The molecular weight excluding hydrogens is 414 g/mol. The second-order valence-corrected chi connectivity index (χ2v) is 8.29. The van der Waals surface area contributed by atoms with Gasteiger partial charge in [-0.2, -0.15) is 4.98 Å². The number of nitrogens with zero attached hydrogens (tertiary/aromatic N) is 1. The molecule has 9 heteroatoms. The van der Waals surface area contributed by atoms with E-state index in [1.165, 1.54) is 0 Å². The Morgan fingerprint density at radius 2 is 1.84 bits per heavy atom. The van der Waals surface area contributed by atoms with E-state index in [1.807, 2.05) is 30.3 Å². The number of aryl methyl sites for hydroxylation is 1. The third-order valence-corrected chi connectivity index (χ3v) is 4.57. The van der Waals surface area contributed by atoms with Gasteiger partial charge in [0.1, 0.15) is 11.6 Å². The van der Waals surface area contributed by atoms with Crippen LogP contribution in [0.2, 0.25) is 0 Å². The average molecular weight is 439 g/mol. The Balaban J connectivity index is 1.87. The van der Waals surface area contributed by atoms with Crippen molar-refractivity contribution in [2.45, 2.75) is 45.8 Å². The zero-order chi connectivity index (χ0) is 23.5. The summed E-state index contributed by atoms with van der Waals surface area (Å²) in [7, 11) is 0. The van der Waals surface area contributed by atoms with E-state index in [9.17, 15) is 19.5 Å². The Morgan fingerprint density at radius 1 is 1.16 bits per heavy atom. The van der Waals surface area contributed by atoms with Gasteiger partial charge >= 0.3 is 17.7 Å². The lowest BCUT2D eigenvalue weighted by atomic mass is 10.1. The lowest BCUT2D eigenvalue weighted by Gasteiger charge is -2.20. The highest BCUT2D eigenvalue weighted by atomic mass is 16.6. The van der Waals surface area contributed by atoms with Crippen molar-refractivity contribution in [1.82, 2.24) is 4.98 Å². The molecule has 0 unspecified atom stereocenters. The van der Waals surface area contributed by atoms with Crippen LogP contribution in [0, 0.1) is 6.92 Å². The highest BCUT2D eigenvalue weighted by Crippen LogP contribution is 2.24. The van der Waals surface area contributed by atoms with E-state index in [1.54, 1.807) is 39.8 Å². The first-order chi connectivity index (χ1) is 15.0. The fourth-order valence-corrected chi connectivity index (χ4v) is 3.13. The molecule has 0 bridgehead atoms. The van der Waals surface area contributed by atoms with Crippen LogP contribution in [0.3, 0.4) is 0 Å². The summed E-state index contributed by atoms with van der Waals surface area (Å²) in [4.78, 5) is 40.7. The van der Waals surface area contributed by atoms with Gasteiger partial charge in [-0.25, -0.2) is 14.4 Å². The number of hydrogen-bond acceptors (Lipinski definition) is 7. The first-order valence-corrected chi connectivity index (χ1v) is 10.0. The van der Waals surface area contributed by atoms with Gasteiger partial charge < -0.3 is 19.6 Å². The number of carbonyl (C=O) groups excluding carboxylic acids is 1. The number of nitrogens with one attached hydrogen (secondary N) is 2. The molecule has 3 N–H and O–H groups in total. The van der Waals surface area contributed by atoms with Crippen LogP contribution < -0.4 is 16.3 Å². The van der Waals surface area contributed by atoms with Gasteiger partial charge in [0.05, 0.1) is 10.9 Å². The molecule has 1 amide bonds. The van der Waals surface area contributed by atoms with Gasteiger partial charge in [-0.15, -0.1) is 0 Å². The van der Waals surface area contributed by atoms with Gasteiger partial charge in [0.25, 0.3) is 6.01 Å². The number of carboxylic acid groups (broad SMARTS) is 1. The molecule has 0 fully saturated rings. The van der Waals surface area contributed by atoms with Gasteiger partial charge in [-0.05, 0) is 51.0 Å². The first-order valence-electron chi connectivity index (χ1n) is 10.0. The van der Waals surface area contributed by atoms with Gasteiger partial charge in [0.15, 0.2) is 0 Å². The minimum absolute atomic E-state index is 0.178. The van der Waals surface area contributed by atoms with Crippen LogP contribution in [0.25, 0.3) is 10.9 Å². The van der Waals surface area contributed by atoms with Crippen molar-refractivity contribution in [3.63, 3.8) is 0 Å². The number of carboxylic acids is 1. The minimum atomic E-state index is -1.11. The fourth-order valence-electron chi connectivity index (χ4n) is 3.13. The summed E-state index contributed by atoms with van der Waals surface area (Å²) in [5.41, 5.74) is 0.584. The Hall–Kier alpha value is -3.88. The molecule has 0 aliphatic rings. The molecule has 3 aromatic rings. The van der Waals surface area contributed by atoms with E-state index < -0.39 is 29.3 Å². The normalized spacial score (nSPS) is 12.2. The second kappa shape index (κ2) is 9.09. The SMILES string of the molecule is Cc1c(NC(=O)OC(C)(C)C)ccc2nc(N[C@@H](Cc3ccccc3)C(=O)O)oc(=O)c12. The number of aromatic nitrogens is 1. The standard InChI is InChI=1S/C23H25N3O6/c1-13-15(26-22(30)32-23(2,3)4)10-11-16-18(13)20(29)31-21(24-16)25-17(19(27)28)12-14-8-6-5-7-9-14/h5-11,17H,12H2,1-4H3,(H,24,25)(H,26,30)(H,27,28)/t17-/m0/s1. The number of amides is 1. The molecule has 1 aromatic heterocycles. The monoisotopic (exact) mass is 439 g/mol. The lowest BCUT2D eigenvalue weighted by Crippen LogP contribution is -2.32. The number of rotatable bonds is 6. The van der Waals surface area contributed by atoms with Gasteiger partial charge in [-0.3, -0.25) is 5.32 Å². The van der Waals surface area contributed by atoms with Crippen LogP contribution in [0.4, 0.5) is 16.5 Å². The van der Waals surface area contributed by atoms with E-state index in [0.717, 1.165) is 5.56 Å². The van der Waals surface area contributed by atoms with Crippen LogP contribution in [-0.2, 0) is 16.0 Å². The molecule has 0 aliphatic heterocycles. The maximum Gasteiger partial charge on any atom is 0.412 e. The number of carbonyl (C=O) groups is 2. The predicted octanol–water partition coefficient (Wildman–Crippen LogP) is 3.95. The molecule has 0 radical (unpaired) electrons. The molecule has 9 nitrogen and oxygen atoms in total. The summed E-state index contributed by atoms with van der Waals surface area (Å²) in [5, 5.41) is 15.0. The predicted molar refractivity (Wildman–Crippen MR) is 120 cm³/mol. The molecule has 1 heterocycles. The van der Waals surface area contributed by atoms with E-state index in [4.69, 9.17) is 9.15 Å². The number of benzene rings is 2. The third-order valence-electron chi connectivity index (χ3n) is 4.57. The molecule has 0 spiro atoms. The zero-order valence-corrected chi connectivity index (χ0v) is 18.3. The van der Waals surface area contributed by atoms with Gasteiger partial charge in [-0.1, -0.05) is 30.3 Å². The van der Waals surface area contributed by atoms with Crippen LogP contribution >= 0.6 is 0 Å². The smallest absolute Gasteiger partial charge is 0.412 e. The number of hydrogen-bond donors (Lipinski definition) is 3. The fraction of sp³-hybridized carbons (Fsp3) is 0.304. The molecule has 32 heavy (non-hydrogen) atoms. The quantitative estimate of drug-likeness (QED) is 0.526. The van der Waals surface area contributed by atoms with Crippen molar-refractivity contribution in [3.05, 3.63) is 64.0 Å². The van der Waals surface area contributed by atoms with Crippen LogP contribution in [0.1, 0.15) is 31.9 Å². The van der Waals surface area contributed by atoms with Crippen molar-refractivity contribution in [2.75, 3.05) is 10.6 Å². The number of fused-ring (bicyclic) bond motifs is 1. The molecular formula is C23H25N3O6. The molecule has 0 aliphatic carbocycles. The summed E-state index contributed by atoms with van der Waals surface area (Å²) in [6.45, 7) is 6.88. The van der Waals surface area contributed by atoms with E-state index >= 15 is 0 Å². The zero-order valence-electron chi connectivity index (χ0n) is 18.3. The molecule has 0 saturated heterocycles. The van der Waals surface area contributed by atoms with E-state index in [-0.39, 0.29) is 17.8 Å². The van der Waals surface area contributed by atoms with Crippen molar-refractivity contribution in [2.24, 2.45) is 0 Å². The van der Waals surface area contributed by atoms with Crippen molar-refractivity contribution >= 4 is 34.7 Å². The molecule has 3 rings (SSSR count). The van der Waals surface area contributed by atoms with E-state index in [0.29, 0.717) is 16.8 Å². The van der Waals surface area contributed by atoms with Gasteiger partial charge in [0.2, 0.25) is 0 Å². The Bertz CT molecular complexity index is 1200. The number of aliphatic carboxylic acids is 1. The first kappa shape index (κ1) is 22.8. The lowest BCUT2D eigenvalue weighted by molar-refractivity contribution is -0.137. The second-order valence-electron chi connectivity index (χ2n) is 8.29. The summed E-state index contributed by atoms with van der Waals surface area (Å²) in [6, 6.07) is 11.0. The Kier molecular flexibility index (Phi) is 6.47. The summed E-state index contributed by atoms with van der Waals surface area (Å²) in [6.07, 6.45) is -0.474. The summed E-state index contributed by atoms with van der Waals surface area (Å²) in [5.74, 6) is -1.11. The number of anilines is 2. The summed E-state index contributed by atoms with van der Waals surface area (Å²) >= 11 is 0. The van der Waals surface area contributed by atoms with Gasteiger partial charge in [0, 0.05) is 12.1 Å². The average Bonchev–Trinajstić information content (AvgIpc) is 2.68. The van der Waals surface area contributed by atoms with Crippen molar-refractivity contribution in [3.8, 4) is 0 Å². The topological polar surface area (TPSA) is 131 Å². The van der Waals surface area contributed by atoms with E-state index in [2.05, 4.69) is 15.6 Å². The highest BCUT2D eigenvalue weighted by Gasteiger charge is 2.22. The highest BCUT2D eigenvalue weighted by molar-refractivity contribution is 5.93. The third kappa shape index (κ3) is 5.63. The molecule has 1 atom stereocenters. The number of ether oxygens (including phenoxy) is 1. The van der Waals surface area contributed by atoms with Crippen LogP contribution in [0.15, 0.2) is 51.7 Å². The molecule has 168 valence electrons. The Labute approximate surface area is 184 Å². The molecule has 0 saturated carbocycles. The van der Waals surface area contributed by atoms with Crippen molar-refractivity contribution in [1.29, 1.82) is 0 Å². The maximum atomic E-state index is 12.7. The maximum absolute atomic E-state index is 12.7. The minimum Gasteiger partial charge on any atom is -0.480 e.